The van der Waals surface area contributed by atoms with E-state index < -0.39 is 12.5 Å². The minimum absolute atomic E-state index is 0.385. The molecule has 0 atom stereocenters. The fourth-order valence-corrected chi connectivity index (χ4v) is 5.70. The van der Waals surface area contributed by atoms with E-state index in [-0.39, 0.29) is 0 Å². The lowest BCUT2D eigenvalue weighted by Gasteiger charge is -2.57. The van der Waals surface area contributed by atoms with E-state index in [1.807, 2.05) is 0 Å². The number of thiazole rings is 1. The zero-order chi connectivity index (χ0) is 17.7. The van der Waals surface area contributed by atoms with Crippen LogP contribution in [0.3, 0.4) is 0 Å². The summed E-state index contributed by atoms with van der Waals surface area (Å²) in [6, 6.07) is 0.454. The van der Waals surface area contributed by atoms with Crippen LogP contribution in [0, 0.1) is 11.3 Å². The van der Waals surface area contributed by atoms with Crippen LogP contribution in [0.1, 0.15) is 49.6 Å². The number of nitrogens with two attached hydrogens (primary N) is 1. The van der Waals surface area contributed by atoms with E-state index in [1.165, 1.54) is 48.3 Å². The van der Waals surface area contributed by atoms with Crippen molar-refractivity contribution in [2.75, 3.05) is 19.7 Å². The van der Waals surface area contributed by atoms with Gasteiger partial charge in [0, 0.05) is 30.9 Å². The average Bonchev–Trinajstić information content (AvgIpc) is 2.87. The molecule has 0 aromatic carbocycles. The number of alkyl halides is 2. The first-order valence-electron chi connectivity index (χ1n) is 9.27. The van der Waals surface area contributed by atoms with Gasteiger partial charge in [-0.25, -0.2) is 13.8 Å². The van der Waals surface area contributed by atoms with Crippen molar-refractivity contribution in [3.8, 4) is 5.19 Å². The van der Waals surface area contributed by atoms with Crippen molar-refractivity contribution in [1.82, 2.24) is 9.88 Å². The van der Waals surface area contributed by atoms with Gasteiger partial charge in [-0.2, -0.15) is 0 Å². The maximum atomic E-state index is 12.9. The molecule has 25 heavy (non-hydrogen) atoms. The number of halogens is 2. The van der Waals surface area contributed by atoms with Gasteiger partial charge in [0.25, 0.3) is 11.1 Å². The second-order valence-corrected chi connectivity index (χ2v) is 9.51. The van der Waals surface area contributed by atoms with Crippen LogP contribution >= 0.6 is 11.3 Å². The number of fused-ring (bicyclic) bond motifs is 1. The molecule has 2 heterocycles. The predicted molar refractivity (Wildman–Crippen MR) is 94.2 cm³/mol. The van der Waals surface area contributed by atoms with Gasteiger partial charge in [0.2, 0.25) is 0 Å². The summed E-state index contributed by atoms with van der Waals surface area (Å²) in [5.74, 6) is -1.96. The highest BCUT2D eigenvalue weighted by Crippen LogP contribution is 2.59. The maximum absolute atomic E-state index is 12.9. The van der Waals surface area contributed by atoms with Crippen LogP contribution in [0.5, 0.6) is 5.19 Å². The monoisotopic (exact) mass is 371 g/mol. The van der Waals surface area contributed by atoms with E-state index in [2.05, 4.69) is 9.88 Å². The molecule has 1 aliphatic heterocycles. The summed E-state index contributed by atoms with van der Waals surface area (Å²) in [4.78, 5) is 8.06. The molecular formula is C18H27F2N3OS. The Kier molecular flexibility index (Phi) is 4.53. The Morgan fingerprint density at radius 2 is 2.12 bits per heavy atom. The van der Waals surface area contributed by atoms with Crippen LogP contribution in [-0.4, -0.2) is 41.5 Å². The third-order valence-electron chi connectivity index (χ3n) is 5.92. The summed E-state index contributed by atoms with van der Waals surface area (Å²) in [5, 5.41) is 0.385. The molecule has 140 valence electrons. The fourth-order valence-electron chi connectivity index (χ4n) is 4.79. The first-order valence-corrected chi connectivity index (χ1v) is 10.1. The van der Waals surface area contributed by atoms with E-state index >= 15 is 0 Å². The van der Waals surface area contributed by atoms with E-state index in [9.17, 15) is 8.78 Å². The summed E-state index contributed by atoms with van der Waals surface area (Å²) in [7, 11) is 0. The molecule has 0 bridgehead atoms. The van der Waals surface area contributed by atoms with Gasteiger partial charge in [0.05, 0.1) is 5.69 Å². The Morgan fingerprint density at radius 1 is 1.36 bits per heavy atom. The summed E-state index contributed by atoms with van der Waals surface area (Å²) in [5.41, 5.74) is 7.55. The van der Waals surface area contributed by atoms with Crippen molar-refractivity contribution in [1.29, 1.82) is 0 Å². The molecule has 2 aliphatic carbocycles. The molecule has 2 N–H and O–H groups in total. The summed E-state index contributed by atoms with van der Waals surface area (Å²) < 4.78 is 31.0. The number of ether oxygens (including phenoxy) is 1. The zero-order valence-corrected chi connectivity index (χ0v) is 15.6. The third kappa shape index (κ3) is 3.98. The number of aromatic nitrogens is 1. The fraction of sp³-hybridized carbons (Fsp3) is 0.833. The van der Waals surface area contributed by atoms with Crippen molar-refractivity contribution in [2.24, 2.45) is 17.1 Å². The van der Waals surface area contributed by atoms with E-state index in [0.717, 1.165) is 44.6 Å². The number of hydrogen-bond acceptors (Lipinski definition) is 5. The molecule has 0 saturated heterocycles. The Hall–Kier alpha value is -0.790. The van der Waals surface area contributed by atoms with Gasteiger partial charge in [-0.1, -0.05) is 11.3 Å². The first kappa shape index (κ1) is 17.6. The van der Waals surface area contributed by atoms with Gasteiger partial charge in [0.15, 0.2) is 6.61 Å². The lowest BCUT2D eigenvalue weighted by atomic mass is 9.49. The van der Waals surface area contributed by atoms with E-state index in [0.29, 0.717) is 16.7 Å². The van der Waals surface area contributed by atoms with Gasteiger partial charge in [0.1, 0.15) is 0 Å². The van der Waals surface area contributed by atoms with Gasteiger partial charge in [-0.05, 0) is 56.4 Å². The van der Waals surface area contributed by atoms with Crippen LogP contribution in [-0.2, 0) is 13.0 Å². The highest BCUT2D eigenvalue weighted by molar-refractivity contribution is 7.13. The van der Waals surface area contributed by atoms with Gasteiger partial charge in [-0.3, -0.25) is 4.90 Å². The summed E-state index contributed by atoms with van der Waals surface area (Å²) in [6.45, 7) is 3.22. The molecule has 1 spiro atoms. The lowest BCUT2D eigenvalue weighted by molar-refractivity contribution is -0.0448. The van der Waals surface area contributed by atoms with Gasteiger partial charge >= 0.3 is 0 Å². The topological polar surface area (TPSA) is 51.4 Å². The third-order valence-corrected chi connectivity index (χ3v) is 6.99. The van der Waals surface area contributed by atoms with Crippen LogP contribution in [0.25, 0.3) is 0 Å². The van der Waals surface area contributed by atoms with E-state index in [4.69, 9.17) is 10.5 Å². The number of rotatable bonds is 6. The molecule has 3 aliphatic rings. The van der Waals surface area contributed by atoms with Crippen LogP contribution in [0.15, 0.2) is 0 Å². The van der Waals surface area contributed by atoms with Crippen molar-refractivity contribution >= 4 is 11.3 Å². The molecule has 7 heteroatoms. The van der Waals surface area contributed by atoms with Crippen molar-refractivity contribution < 1.29 is 13.5 Å². The minimum atomic E-state index is -2.82. The molecule has 2 saturated carbocycles. The van der Waals surface area contributed by atoms with Crippen LogP contribution < -0.4 is 10.5 Å². The lowest BCUT2D eigenvalue weighted by Crippen LogP contribution is -2.53. The smallest absolute Gasteiger partial charge is 0.278 e. The molecule has 2 fully saturated rings. The summed E-state index contributed by atoms with van der Waals surface area (Å²) in [6.07, 6.45) is 7.38. The quantitative estimate of drug-likeness (QED) is 0.832. The largest absolute Gasteiger partial charge is 0.464 e. The maximum Gasteiger partial charge on any atom is 0.278 e. The molecule has 0 unspecified atom stereocenters. The second kappa shape index (κ2) is 6.43. The SMILES string of the molecule is CC(F)(F)COc1nc2c(s1)CCN(CCC1CC3(CC(N)C3)C1)C2. The zero-order valence-electron chi connectivity index (χ0n) is 14.8. The summed E-state index contributed by atoms with van der Waals surface area (Å²) >= 11 is 1.42. The molecule has 1 aromatic heterocycles. The van der Waals surface area contributed by atoms with Gasteiger partial charge in [-0.15, -0.1) is 0 Å². The Morgan fingerprint density at radius 3 is 2.80 bits per heavy atom. The number of hydrogen-bond donors (Lipinski definition) is 1. The van der Waals surface area contributed by atoms with Gasteiger partial charge < -0.3 is 10.5 Å². The van der Waals surface area contributed by atoms with Crippen LogP contribution in [0.2, 0.25) is 0 Å². The molecule has 0 amide bonds. The minimum Gasteiger partial charge on any atom is -0.464 e. The Bertz CT molecular complexity index is 616. The average molecular weight is 371 g/mol. The standard InChI is InChI=1S/C18H27F2N3OS/c1-17(19,20)11-24-16-22-14-10-23(5-3-15(14)25-16)4-2-12-6-18(7-12)8-13(21)9-18/h12-13H,2-11,21H2,1H3. The molecule has 4 nitrogen and oxygen atoms in total. The molecule has 1 aromatic rings. The predicted octanol–water partition coefficient (Wildman–Crippen LogP) is 3.44. The van der Waals surface area contributed by atoms with Crippen molar-refractivity contribution in [2.45, 2.75) is 64.0 Å². The number of nitrogens with zero attached hydrogens (tertiary/aromatic N) is 2. The normalized spacial score (nSPS) is 32.2. The first-order chi connectivity index (χ1) is 11.8. The highest BCUT2D eigenvalue weighted by atomic mass is 32.1. The molecular weight excluding hydrogens is 344 g/mol. The van der Waals surface area contributed by atoms with Crippen LogP contribution in [0.4, 0.5) is 8.78 Å². The molecule has 0 radical (unpaired) electrons. The van der Waals surface area contributed by atoms with Crippen molar-refractivity contribution in [3.05, 3.63) is 10.6 Å². The van der Waals surface area contributed by atoms with E-state index in [1.54, 1.807) is 0 Å². The Balaban J connectivity index is 1.22. The second-order valence-electron chi connectivity index (χ2n) is 8.47. The molecule has 4 rings (SSSR count). The van der Waals surface area contributed by atoms with Crippen molar-refractivity contribution in [3.63, 3.8) is 0 Å². The highest BCUT2D eigenvalue weighted by Gasteiger charge is 2.51. The Labute approximate surface area is 151 Å².